The highest BCUT2D eigenvalue weighted by atomic mass is 31.2. The molecule has 0 saturated heterocycles. The third kappa shape index (κ3) is 4.68. The topological polar surface area (TPSA) is 44.8 Å². The van der Waals surface area contributed by atoms with Crippen LogP contribution in [0.5, 0.6) is 5.75 Å². The summed E-state index contributed by atoms with van der Waals surface area (Å²) < 4.78 is 29.8. The van der Waals surface area contributed by atoms with Crippen LogP contribution < -0.4 is 10.0 Å². The molecule has 0 fully saturated rings. The molecule has 0 aliphatic rings. The van der Waals surface area contributed by atoms with Crippen LogP contribution in [0.2, 0.25) is 0 Å². The van der Waals surface area contributed by atoms with Crippen LogP contribution >= 0.6 is 7.60 Å². The second-order valence-electron chi connectivity index (χ2n) is 5.08. The van der Waals surface area contributed by atoms with Crippen LogP contribution in [0.1, 0.15) is 25.0 Å². The number of hydrogen-bond donors (Lipinski definition) is 0. The third-order valence-corrected chi connectivity index (χ3v) is 5.40. The maximum Gasteiger partial charge on any atom is 0.365 e. The van der Waals surface area contributed by atoms with Gasteiger partial charge in [0, 0.05) is 0 Å². The summed E-state index contributed by atoms with van der Waals surface area (Å²) in [6, 6.07) is 15.4. The lowest BCUT2D eigenvalue weighted by molar-refractivity contribution is 0.228. The van der Waals surface area contributed by atoms with E-state index in [1.807, 2.05) is 49.4 Å². The SMILES string of the molecule is CCOP(=O)(OCC)c1ccc(C)cc1OCc1ccccc1. The fourth-order valence-corrected chi connectivity index (χ4v) is 3.90. The molecule has 0 amide bonds. The molecule has 0 aromatic heterocycles. The summed E-state index contributed by atoms with van der Waals surface area (Å²) in [5.41, 5.74) is 2.07. The van der Waals surface area contributed by atoms with Gasteiger partial charge in [-0.05, 0) is 44.0 Å². The molecule has 0 heterocycles. The average molecular weight is 334 g/mol. The Kier molecular flexibility index (Phi) is 6.40. The van der Waals surface area contributed by atoms with Crippen molar-refractivity contribution in [2.45, 2.75) is 27.4 Å². The molecule has 124 valence electrons. The van der Waals surface area contributed by atoms with E-state index in [0.29, 0.717) is 30.9 Å². The number of benzene rings is 2. The summed E-state index contributed by atoms with van der Waals surface area (Å²) in [7, 11) is -3.38. The summed E-state index contributed by atoms with van der Waals surface area (Å²) in [5, 5.41) is 0.475. The number of rotatable bonds is 8. The van der Waals surface area contributed by atoms with Crippen LogP contribution in [0, 0.1) is 6.92 Å². The predicted molar refractivity (Wildman–Crippen MR) is 92.4 cm³/mol. The van der Waals surface area contributed by atoms with Crippen molar-refractivity contribution < 1.29 is 18.3 Å². The van der Waals surface area contributed by atoms with E-state index >= 15 is 0 Å². The summed E-state index contributed by atoms with van der Waals surface area (Å²) in [6.45, 7) is 6.57. The zero-order valence-electron chi connectivity index (χ0n) is 13.8. The average Bonchev–Trinajstić information content (AvgIpc) is 2.54. The first kappa shape index (κ1) is 17.7. The van der Waals surface area contributed by atoms with Gasteiger partial charge in [-0.15, -0.1) is 0 Å². The van der Waals surface area contributed by atoms with E-state index < -0.39 is 7.60 Å². The van der Waals surface area contributed by atoms with Gasteiger partial charge in [-0.1, -0.05) is 36.4 Å². The van der Waals surface area contributed by atoms with Crippen molar-refractivity contribution in [2.75, 3.05) is 13.2 Å². The van der Waals surface area contributed by atoms with Gasteiger partial charge in [-0.2, -0.15) is 0 Å². The molecule has 2 aromatic rings. The molecule has 2 aromatic carbocycles. The van der Waals surface area contributed by atoms with Crippen molar-refractivity contribution in [3.63, 3.8) is 0 Å². The standard InChI is InChI=1S/C18H23O4P/c1-4-21-23(19,22-5-2)18-12-11-15(3)13-17(18)20-14-16-9-7-6-8-10-16/h6-13H,4-5,14H2,1-3H3. The molecular formula is C18H23O4P. The van der Waals surface area contributed by atoms with E-state index in [9.17, 15) is 4.57 Å². The molecule has 0 spiro atoms. The Morgan fingerprint density at radius 2 is 1.61 bits per heavy atom. The minimum atomic E-state index is -3.38. The molecule has 0 radical (unpaired) electrons. The van der Waals surface area contributed by atoms with Gasteiger partial charge in [0.15, 0.2) is 0 Å². The van der Waals surface area contributed by atoms with Crippen molar-refractivity contribution in [3.05, 3.63) is 59.7 Å². The third-order valence-electron chi connectivity index (χ3n) is 3.25. The normalized spacial score (nSPS) is 11.4. The molecule has 23 heavy (non-hydrogen) atoms. The van der Waals surface area contributed by atoms with Crippen molar-refractivity contribution in [3.8, 4) is 5.75 Å². The van der Waals surface area contributed by atoms with E-state index in [4.69, 9.17) is 13.8 Å². The quantitative estimate of drug-likeness (QED) is 0.668. The Balaban J connectivity index is 2.31. The highest BCUT2D eigenvalue weighted by Crippen LogP contribution is 2.49. The molecule has 0 atom stereocenters. The Labute approximate surface area is 137 Å². The number of aryl methyl sites for hydroxylation is 1. The van der Waals surface area contributed by atoms with E-state index in [0.717, 1.165) is 11.1 Å². The lowest BCUT2D eigenvalue weighted by Crippen LogP contribution is -2.15. The second-order valence-corrected chi connectivity index (χ2v) is 7.07. The highest BCUT2D eigenvalue weighted by molar-refractivity contribution is 7.62. The Morgan fingerprint density at radius 3 is 2.22 bits per heavy atom. The van der Waals surface area contributed by atoms with Gasteiger partial charge in [0.1, 0.15) is 17.7 Å². The monoisotopic (exact) mass is 334 g/mol. The lowest BCUT2D eigenvalue weighted by atomic mass is 10.2. The lowest BCUT2D eigenvalue weighted by Gasteiger charge is -2.20. The van der Waals surface area contributed by atoms with Gasteiger partial charge in [0.2, 0.25) is 0 Å². The van der Waals surface area contributed by atoms with E-state index in [-0.39, 0.29) is 0 Å². The van der Waals surface area contributed by atoms with Gasteiger partial charge < -0.3 is 13.8 Å². The van der Waals surface area contributed by atoms with Crippen molar-refractivity contribution in [1.29, 1.82) is 0 Å². The first-order valence-corrected chi connectivity index (χ1v) is 9.30. The molecule has 0 aliphatic carbocycles. The maximum absolute atomic E-state index is 13.0. The first-order chi connectivity index (χ1) is 11.1. The van der Waals surface area contributed by atoms with Crippen molar-refractivity contribution in [2.24, 2.45) is 0 Å². The molecule has 2 rings (SSSR count). The summed E-state index contributed by atoms with van der Waals surface area (Å²) in [4.78, 5) is 0. The molecule has 4 nitrogen and oxygen atoms in total. The van der Waals surface area contributed by atoms with Gasteiger partial charge in [0.25, 0.3) is 0 Å². The number of ether oxygens (including phenoxy) is 1. The summed E-state index contributed by atoms with van der Waals surface area (Å²) in [5.74, 6) is 0.541. The van der Waals surface area contributed by atoms with Crippen LogP contribution in [-0.2, 0) is 20.2 Å². The molecule has 0 saturated carbocycles. The molecule has 0 bridgehead atoms. The molecule has 0 N–H and O–H groups in total. The Bertz CT molecular complexity index is 660. The zero-order valence-corrected chi connectivity index (χ0v) is 14.7. The zero-order chi connectivity index (χ0) is 16.7. The van der Waals surface area contributed by atoms with Crippen LogP contribution in [0.3, 0.4) is 0 Å². The highest BCUT2D eigenvalue weighted by Gasteiger charge is 2.30. The maximum atomic E-state index is 13.0. The van der Waals surface area contributed by atoms with Crippen molar-refractivity contribution in [1.82, 2.24) is 0 Å². The molecule has 0 unspecified atom stereocenters. The van der Waals surface area contributed by atoms with E-state index in [2.05, 4.69) is 0 Å². The van der Waals surface area contributed by atoms with Crippen LogP contribution in [0.25, 0.3) is 0 Å². The van der Waals surface area contributed by atoms with Gasteiger partial charge >= 0.3 is 7.60 Å². The van der Waals surface area contributed by atoms with E-state index in [1.165, 1.54) is 0 Å². The minimum absolute atomic E-state index is 0.309. The molecule has 5 heteroatoms. The summed E-state index contributed by atoms with van der Waals surface area (Å²) >= 11 is 0. The van der Waals surface area contributed by atoms with Crippen LogP contribution in [0.4, 0.5) is 0 Å². The molecule has 0 aliphatic heterocycles. The minimum Gasteiger partial charge on any atom is -0.488 e. The summed E-state index contributed by atoms with van der Waals surface area (Å²) in [6.07, 6.45) is 0. The predicted octanol–water partition coefficient (Wildman–Crippen LogP) is 4.47. The first-order valence-electron chi connectivity index (χ1n) is 7.76. The van der Waals surface area contributed by atoms with Gasteiger partial charge in [-0.3, -0.25) is 4.57 Å². The Morgan fingerprint density at radius 1 is 0.957 bits per heavy atom. The fourth-order valence-electron chi connectivity index (χ4n) is 2.21. The van der Waals surface area contributed by atoms with Crippen LogP contribution in [-0.4, -0.2) is 13.2 Å². The van der Waals surface area contributed by atoms with Gasteiger partial charge in [-0.25, -0.2) is 0 Å². The second kappa shape index (κ2) is 8.30. The van der Waals surface area contributed by atoms with Crippen molar-refractivity contribution >= 4 is 12.9 Å². The fraction of sp³-hybridized carbons (Fsp3) is 0.333. The molecular weight excluding hydrogens is 311 g/mol. The van der Waals surface area contributed by atoms with E-state index in [1.54, 1.807) is 19.9 Å². The largest absolute Gasteiger partial charge is 0.488 e. The van der Waals surface area contributed by atoms with Gasteiger partial charge in [0.05, 0.1) is 13.2 Å². The Hall–Kier alpha value is -1.61. The smallest absolute Gasteiger partial charge is 0.365 e. The number of hydrogen-bond acceptors (Lipinski definition) is 4. The van der Waals surface area contributed by atoms with Crippen LogP contribution in [0.15, 0.2) is 48.5 Å².